The third-order valence-electron chi connectivity index (χ3n) is 2.56. The molecule has 1 fully saturated rings. The van der Waals surface area contributed by atoms with Crippen LogP contribution in [-0.2, 0) is 0 Å². The Balaban J connectivity index is 2.24. The van der Waals surface area contributed by atoms with Gasteiger partial charge in [0.05, 0.1) is 0 Å². The van der Waals surface area contributed by atoms with Crippen molar-refractivity contribution in [2.75, 3.05) is 0 Å². The molecular weight excluding hydrogens is 126 g/mol. The van der Waals surface area contributed by atoms with Gasteiger partial charge in [0.1, 0.15) is 0 Å². The highest BCUT2D eigenvalue weighted by molar-refractivity contribution is 4.72. The lowest BCUT2D eigenvalue weighted by molar-refractivity contribution is 0.0930. The van der Waals surface area contributed by atoms with Crippen LogP contribution in [0.4, 0.5) is 0 Å². The van der Waals surface area contributed by atoms with E-state index in [9.17, 15) is 0 Å². The molecule has 0 aromatic heterocycles. The van der Waals surface area contributed by atoms with Crippen LogP contribution in [0.5, 0.6) is 0 Å². The molecule has 1 atom stereocenters. The minimum atomic E-state index is 0.292. The number of hydroxylamine groups is 1. The Morgan fingerprint density at radius 3 is 2.40 bits per heavy atom. The predicted molar refractivity (Wildman–Crippen MR) is 41.0 cm³/mol. The van der Waals surface area contributed by atoms with E-state index >= 15 is 0 Å². The Hall–Kier alpha value is -0.0800. The smallest absolute Gasteiger partial charge is 0.0319 e. The third kappa shape index (κ3) is 1.96. The minimum Gasteiger partial charge on any atom is -0.317 e. The zero-order valence-electron chi connectivity index (χ0n) is 6.64. The topological polar surface area (TPSA) is 32.3 Å². The molecule has 1 rings (SSSR count). The second kappa shape index (κ2) is 3.94. The van der Waals surface area contributed by atoms with Gasteiger partial charge in [0.25, 0.3) is 0 Å². The fourth-order valence-electron chi connectivity index (χ4n) is 1.74. The average molecular weight is 143 g/mol. The lowest BCUT2D eigenvalue weighted by Gasteiger charge is -2.26. The maximum absolute atomic E-state index is 8.64. The van der Waals surface area contributed by atoms with Crippen molar-refractivity contribution in [1.82, 2.24) is 5.48 Å². The van der Waals surface area contributed by atoms with Crippen molar-refractivity contribution < 1.29 is 5.21 Å². The molecule has 0 amide bonds. The van der Waals surface area contributed by atoms with E-state index in [0.717, 1.165) is 0 Å². The second-order valence-electron chi connectivity index (χ2n) is 3.32. The summed E-state index contributed by atoms with van der Waals surface area (Å²) in [5.41, 5.74) is 2.33. The van der Waals surface area contributed by atoms with Crippen molar-refractivity contribution in [3.05, 3.63) is 0 Å². The highest BCUT2D eigenvalue weighted by atomic mass is 16.5. The Kier molecular flexibility index (Phi) is 3.16. The number of hydrogen-bond acceptors (Lipinski definition) is 2. The summed E-state index contributed by atoms with van der Waals surface area (Å²) in [6.07, 6.45) is 6.64. The van der Waals surface area contributed by atoms with Gasteiger partial charge in [0.2, 0.25) is 0 Å². The van der Waals surface area contributed by atoms with Crippen LogP contribution in [0.3, 0.4) is 0 Å². The Bertz CT molecular complexity index is 89.3. The lowest BCUT2D eigenvalue weighted by Crippen LogP contribution is -2.32. The van der Waals surface area contributed by atoms with Gasteiger partial charge in [-0.3, -0.25) is 0 Å². The minimum absolute atomic E-state index is 0.292. The normalized spacial score (nSPS) is 24.6. The molecule has 1 saturated carbocycles. The quantitative estimate of drug-likeness (QED) is 0.579. The maximum atomic E-state index is 8.64. The summed E-state index contributed by atoms with van der Waals surface area (Å²) >= 11 is 0. The van der Waals surface area contributed by atoms with Gasteiger partial charge in [-0.2, -0.15) is 0 Å². The van der Waals surface area contributed by atoms with Crippen LogP contribution in [0.25, 0.3) is 0 Å². The molecule has 0 bridgehead atoms. The molecule has 1 aliphatic carbocycles. The number of nitrogens with one attached hydrogen (secondary N) is 1. The summed E-state index contributed by atoms with van der Waals surface area (Å²) in [7, 11) is 0. The molecule has 10 heavy (non-hydrogen) atoms. The largest absolute Gasteiger partial charge is 0.317 e. The number of hydrogen-bond donors (Lipinski definition) is 2. The van der Waals surface area contributed by atoms with E-state index in [2.05, 4.69) is 12.4 Å². The first-order valence-corrected chi connectivity index (χ1v) is 4.24. The van der Waals surface area contributed by atoms with E-state index in [4.69, 9.17) is 5.21 Å². The molecule has 0 saturated heterocycles. The van der Waals surface area contributed by atoms with Crippen LogP contribution in [0.15, 0.2) is 0 Å². The summed E-state index contributed by atoms with van der Waals surface area (Å²) in [6.45, 7) is 2.05. The molecule has 0 heterocycles. The molecule has 0 unspecified atom stereocenters. The highest BCUT2D eigenvalue weighted by Crippen LogP contribution is 2.25. The summed E-state index contributed by atoms with van der Waals surface area (Å²) in [5.74, 6) is 0.707. The zero-order valence-corrected chi connectivity index (χ0v) is 6.64. The van der Waals surface area contributed by atoms with E-state index < -0.39 is 0 Å². The van der Waals surface area contributed by atoms with Crippen molar-refractivity contribution in [1.29, 1.82) is 0 Å². The van der Waals surface area contributed by atoms with Crippen LogP contribution in [0.1, 0.15) is 39.0 Å². The van der Waals surface area contributed by atoms with Crippen molar-refractivity contribution >= 4 is 0 Å². The second-order valence-corrected chi connectivity index (χ2v) is 3.32. The van der Waals surface area contributed by atoms with Gasteiger partial charge in [-0.15, -0.1) is 0 Å². The van der Waals surface area contributed by atoms with Gasteiger partial charge in [0.15, 0.2) is 0 Å². The van der Waals surface area contributed by atoms with Gasteiger partial charge in [0, 0.05) is 6.04 Å². The van der Waals surface area contributed by atoms with Crippen LogP contribution < -0.4 is 5.48 Å². The first-order valence-electron chi connectivity index (χ1n) is 4.24. The van der Waals surface area contributed by atoms with E-state index in [0.29, 0.717) is 12.0 Å². The molecule has 0 spiro atoms. The third-order valence-corrected chi connectivity index (χ3v) is 2.56. The standard InChI is InChI=1S/C8H17NO/c1-7(9-10)8-5-3-2-4-6-8/h7-10H,2-6H2,1H3/t7-/m1/s1. The first kappa shape index (κ1) is 8.02. The zero-order chi connectivity index (χ0) is 7.40. The molecule has 2 heteroatoms. The van der Waals surface area contributed by atoms with E-state index in [1.165, 1.54) is 32.1 Å². The van der Waals surface area contributed by atoms with Crippen LogP contribution in [-0.4, -0.2) is 11.2 Å². The SMILES string of the molecule is C[C@@H](NO)C1CCCCC1. The summed E-state index contributed by atoms with van der Waals surface area (Å²) in [6, 6.07) is 0.292. The fraction of sp³-hybridized carbons (Fsp3) is 1.00. The Morgan fingerprint density at radius 1 is 1.30 bits per heavy atom. The maximum Gasteiger partial charge on any atom is 0.0319 e. The fourth-order valence-corrected chi connectivity index (χ4v) is 1.74. The molecule has 0 aromatic rings. The molecule has 2 nitrogen and oxygen atoms in total. The van der Waals surface area contributed by atoms with Crippen molar-refractivity contribution in [2.24, 2.45) is 5.92 Å². The molecule has 0 radical (unpaired) electrons. The first-order chi connectivity index (χ1) is 4.84. The Morgan fingerprint density at radius 2 is 1.90 bits per heavy atom. The predicted octanol–water partition coefficient (Wildman–Crippen LogP) is 1.93. The van der Waals surface area contributed by atoms with Gasteiger partial charge in [-0.1, -0.05) is 19.3 Å². The number of rotatable bonds is 2. The molecule has 2 N–H and O–H groups in total. The molecule has 60 valence electrons. The monoisotopic (exact) mass is 143 g/mol. The highest BCUT2D eigenvalue weighted by Gasteiger charge is 2.18. The van der Waals surface area contributed by atoms with Crippen molar-refractivity contribution in [2.45, 2.75) is 45.1 Å². The molecule has 0 aliphatic heterocycles. The lowest BCUT2D eigenvalue weighted by atomic mass is 9.85. The Labute approximate surface area is 62.6 Å². The average Bonchev–Trinajstić information content (AvgIpc) is 2.05. The molecule has 1 aliphatic rings. The van der Waals surface area contributed by atoms with Gasteiger partial charge in [-0.05, 0) is 25.7 Å². The van der Waals surface area contributed by atoms with Gasteiger partial charge in [-0.25, -0.2) is 5.48 Å². The summed E-state index contributed by atoms with van der Waals surface area (Å²) in [5, 5.41) is 8.64. The van der Waals surface area contributed by atoms with Crippen LogP contribution in [0, 0.1) is 5.92 Å². The molecular formula is C8H17NO. The summed E-state index contributed by atoms with van der Waals surface area (Å²) in [4.78, 5) is 0. The van der Waals surface area contributed by atoms with Gasteiger partial charge < -0.3 is 5.21 Å². The summed E-state index contributed by atoms with van der Waals surface area (Å²) < 4.78 is 0. The van der Waals surface area contributed by atoms with E-state index in [1.54, 1.807) is 0 Å². The van der Waals surface area contributed by atoms with E-state index in [1.807, 2.05) is 0 Å². The van der Waals surface area contributed by atoms with Gasteiger partial charge >= 0.3 is 0 Å². The van der Waals surface area contributed by atoms with Crippen molar-refractivity contribution in [3.8, 4) is 0 Å². The van der Waals surface area contributed by atoms with E-state index in [-0.39, 0.29) is 0 Å². The van der Waals surface area contributed by atoms with Crippen LogP contribution >= 0.6 is 0 Å². The van der Waals surface area contributed by atoms with Crippen LogP contribution in [0.2, 0.25) is 0 Å². The van der Waals surface area contributed by atoms with Crippen molar-refractivity contribution in [3.63, 3.8) is 0 Å². The molecule has 0 aromatic carbocycles.